The highest BCUT2D eigenvalue weighted by molar-refractivity contribution is 5.50. The topological polar surface area (TPSA) is 38.0 Å². The van der Waals surface area contributed by atoms with E-state index in [9.17, 15) is 22.0 Å². The summed E-state index contributed by atoms with van der Waals surface area (Å²) in [5, 5.41) is 2.37. The van der Waals surface area contributed by atoms with Crippen molar-refractivity contribution >= 4 is 5.69 Å². The van der Waals surface area contributed by atoms with Gasteiger partial charge in [0.15, 0.2) is 23.3 Å². The van der Waals surface area contributed by atoms with Crippen LogP contribution in [0, 0.1) is 29.1 Å². The Labute approximate surface area is 107 Å². The van der Waals surface area contributed by atoms with Crippen molar-refractivity contribution in [3.8, 4) is 0 Å². The number of hydrogen-bond acceptors (Lipinski definition) is 2. The number of anilines is 1. The smallest absolute Gasteiger partial charge is 0.200 e. The van der Waals surface area contributed by atoms with E-state index in [2.05, 4.69) is 5.32 Å². The van der Waals surface area contributed by atoms with Gasteiger partial charge in [-0.3, -0.25) is 0 Å². The summed E-state index contributed by atoms with van der Waals surface area (Å²) >= 11 is 0. The van der Waals surface area contributed by atoms with E-state index in [4.69, 9.17) is 5.73 Å². The van der Waals surface area contributed by atoms with Crippen molar-refractivity contribution in [2.24, 2.45) is 5.73 Å². The second-order valence-corrected chi connectivity index (χ2v) is 4.26. The fourth-order valence-corrected chi connectivity index (χ4v) is 1.75. The molecule has 0 amide bonds. The second kappa shape index (κ2) is 5.73. The maximum Gasteiger partial charge on any atom is 0.200 e. The maximum atomic E-state index is 13.5. The Kier molecular flexibility index (Phi) is 4.73. The predicted octanol–water partition coefficient (Wildman–Crippen LogP) is 3.31. The average Bonchev–Trinajstić information content (AvgIpc) is 2.44. The minimum atomic E-state index is -2.17. The molecule has 2 nitrogen and oxygen atoms in total. The molecule has 1 rings (SSSR count). The number of benzene rings is 1. The number of hydrogen-bond donors (Lipinski definition) is 2. The summed E-state index contributed by atoms with van der Waals surface area (Å²) in [4.78, 5) is 0. The molecule has 19 heavy (non-hydrogen) atoms. The third-order valence-corrected chi connectivity index (χ3v) is 3.34. The molecule has 108 valence electrons. The molecule has 7 heteroatoms. The minimum Gasteiger partial charge on any atom is -0.373 e. The molecule has 0 bridgehead atoms. The van der Waals surface area contributed by atoms with Crippen LogP contribution in [-0.2, 0) is 0 Å². The summed E-state index contributed by atoms with van der Waals surface area (Å²) in [6.07, 6.45) is 0.749. The molecule has 0 radical (unpaired) electrons. The molecule has 1 aromatic carbocycles. The largest absolute Gasteiger partial charge is 0.373 e. The molecule has 0 unspecified atom stereocenters. The van der Waals surface area contributed by atoms with Crippen LogP contribution in [0.15, 0.2) is 0 Å². The molecular weight excluding hydrogens is 267 g/mol. The molecule has 0 saturated heterocycles. The number of nitrogens with one attached hydrogen (secondary N) is 1. The van der Waals surface area contributed by atoms with Crippen molar-refractivity contribution in [3.63, 3.8) is 0 Å². The van der Waals surface area contributed by atoms with E-state index < -0.39 is 40.3 Å². The van der Waals surface area contributed by atoms with E-state index in [0.29, 0.717) is 12.8 Å². The van der Waals surface area contributed by atoms with Gasteiger partial charge < -0.3 is 11.1 Å². The Balaban J connectivity index is 3.36. The molecular formula is C12H15F5N2. The maximum absolute atomic E-state index is 13.5. The Hall–Kier alpha value is -1.37. The van der Waals surface area contributed by atoms with E-state index in [-0.39, 0.29) is 6.54 Å². The molecule has 0 spiro atoms. The molecule has 0 aliphatic heterocycles. The average molecular weight is 282 g/mol. The van der Waals surface area contributed by atoms with Crippen molar-refractivity contribution in [1.82, 2.24) is 0 Å². The van der Waals surface area contributed by atoms with Gasteiger partial charge in [-0.05, 0) is 12.8 Å². The van der Waals surface area contributed by atoms with Crippen molar-refractivity contribution < 1.29 is 22.0 Å². The van der Waals surface area contributed by atoms with Crippen LogP contribution in [0.2, 0.25) is 0 Å². The van der Waals surface area contributed by atoms with Crippen LogP contribution in [0.1, 0.15) is 26.7 Å². The quantitative estimate of drug-likeness (QED) is 0.494. The lowest BCUT2D eigenvalue weighted by Crippen LogP contribution is -2.45. The Morgan fingerprint density at radius 3 is 1.53 bits per heavy atom. The van der Waals surface area contributed by atoms with Crippen LogP contribution in [0.25, 0.3) is 0 Å². The van der Waals surface area contributed by atoms with Crippen LogP contribution in [0.5, 0.6) is 0 Å². The molecule has 0 saturated carbocycles. The molecule has 0 heterocycles. The van der Waals surface area contributed by atoms with Crippen LogP contribution >= 0.6 is 0 Å². The van der Waals surface area contributed by atoms with Gasteiger partial charge in [0, 0.05) is 12.1 Å². The predicted molar refractivity (Wildman–Crippen MR) is 62.2 cm³/mol. The van der Waals surface area contributed by atoms with E-state index in [1.165, 1.54) is 0 Å². The van der Waals surface area contributed by atoms with Gasteiger partial charge in [0.1, 0.15) is 5.69 Å². The van der Waals surface area contributed by atoms with Gasteiger partial charge in [-0.25, -0.2) is 22.0 Å². The fourth-order valence-electron chi connectivity index (χ4n) is 1.75. The Bertz CT molecular complexity index is 434. The molecule has 0 aromatic heterocycles. The fraction of sp³-hybridized carbons (Fsp3) is 0.500. The van der Waals surface area contributed by atoms with E-state index in [1.807, 2.05) is 0 Å². The first-order valence-corrected chi connectivity index (χ1v) is 5.83. The van der Waals surface area contributed by atoms with Gasteiger partial charge in [0.05, 0.1) is 0 Å². The lowest BCUT2D eigenvalue weighted by Gasteiger charge is -2.33. The minimum absolute atomic E-state index is 0.000501. The van der Waals surface area contributed by atoms with Crippen LogP contribution in [0.3, 0.4) is 0 Å². The zero-order chi connectivity index (χ0) is 14.8. The number of nitrogens with two attached hydrogens (primary N) is 1. The molecule has 1 aromatic rings. The molecule has 0 aliphatic rings. The molecule has 0 aliphatic carbocycles. The van der Waals surface area contributed by atoms with Gasteiger partial charge in [-0.15, -0.1) is 0 Å². The van der Waals surface area contributed by atoms with Gasteiger partial charge in [0.2, 0.25) is 5.82 Å². The lowest BCUT2D eigenvalue weighted by atomic mass is 9.92. The first-order chi connectivity index (χ1) is 8.83. The van der Waals surface area contributed by atoms with Crippen molar-refractivity contribution in [2.45, 2.75) is 32.2 Å². The zero-order valence-electron chi connectivity index (χ0n) is 10.6. The summed E-state index contributed by atoms with van der Waals surface area (Å²) in [6.45, 7) is 3.41. The summed E-state index contributed by atoms with van der Waals surface area (Å²) in [6, 6.07) is 0. The number of halogens is 5. The van der Waals surface area contributed by atoms with Crippen molar-refractivity contribution in [3.05, 3.63) is 29.1 Å². The monoisotopic (exact) mass is 282 g/mol. The Morgan fingerprint density at radius 2 is 1.21 bits per heavy atom. The van der Waals surface area contributed by atoms with E-state index in [1.54, 1.807) is 13.8 Å². The molecule has 0 fully saturated rings. The normalized spacial score (nSPS) is 11.8. The summed E-state index contributed by atoms with van der Waals surface area (Å²) in [5.74, 6) is -9.88. The Morgan fingerprint density at radius 1 is 0.842 bits per heavy atom. The summed E-state index contributed by atoms with van der Waals surface area (Å²) in [7, 11) is 0. The third-order valence-electron chi connectivity index (χ3n) is 3.34. The van der Waals surface area contributed by atoms with Crippen LogP contribution in [-0.4, -0.2) is 12.1 Å². The van der Waals surface area contributed by atoms with Gasteiger partial charge in [-0.1, -0.05) is 13.8 Å². The first-order valence-electron chi connectivity index (χ1n) is 5.83. The molecule has 3 N–H and O–H groups in total. The van der Waals surface area contributed by atoms with Gasteiger partial charge >= 0.3 is 0 Å². The number of rotatable bonds is 5. The third kappa shape index (κ3) is 2.65. The van der Waals surface area contributed by atoms with E-state index in [0.717, 1.165) is 0 Å². The second-order valence-electron chi connectivity index (χ2n) is 4.26. The lowest BCUT2D eigenvalue weighted by molar-refractivity contribution is 0.374. The van der Waals surface area contributed by atoms with Crippen molar-refractivity contribution in [1.29, 1.82) is 0 Å². The van der Waals surface area contributed by atoms with Crippen molar-refractivity contribution in [2.75, 3.05) is 11.9 Å². The van der Waals surface area contributed by atoms with Crippen LogP contribution < -0.4 is 11.1 Å². The highest BCUT2D eigenvalue weighted by Crippen LogP contribution is 2.30. The highest BCUT2D eigenvalue weighted by Gasteiger charge is 2.31. The van der Waals surface area contributed by atoms with Crippen LogP contribution in [0.4, 0.5) is 27.6 Å². The van der Waals surface area contributed by atoms with Gasteiger partial charge in [0.25, 0.3) is 0 Å². The van der Waals surface area contributed by atoms with E-state index >= 15 is 0 Å². The zero-order valence-corrected chi connectivity index (χ0v) is 10.6. The SMILES string of the molecule is CCC(CC)(CN)Nc1c(F)c(F)c(F)c(F)c1F. The molecule has 0 atom stereocenters. The van der Waals surface area contributed by atoms with Gasteiger partial charge in [-0.2, -0.15) is 0 Å². The standard InChI is InChI=1S/C12H15F5N2/c1-3-12(4-2,5-18)19-11-9(16)7(14)6(13)8(15)10(11)17/h19H,3-5,18H2,1-2H3. The highest BCUT2D eigenvalue weighted by atomic mass is 19.2. The first kappa shape index (κ1) is 15.7. The summed E-state index contributed by atoms with van der Waals surface area (Å²) < 4.78 is 66.0. The summed E-state index contributed by atoms with van der Waals surface area (Å²) in [5.41, 5.74) is 3.56.